The molecule has 0 amide bonds. The molecule has 2 rings (SSSR count). The maximum Gasteiger partial charge on any atom is 0.0760 e. The second kappa shape index (κ2) is 4.97. The Labute approximate surface area is 96.9 Å². The molecule has 3 heteroatoms. The average molecular weight is 228 g/mol. The van der Waals surface area contributed by atoms with Gasteiger partial charge in [-0.25, -0.2) is 0 Å². The van der Waals surface area contributed by atoms with E-state index in [1.165, 1.54) is 5.56 Å². The van der Waals surface area contributed by atoms with Crippen LogP contribution in [0.5, 0.6) is 0 Å². The van der Waals surface area contributed by atoms with Crippen molar-refractivity contribution in [2.45, 2.75) is 31.9 Å². The zero-order valence-electron chi connectivity index (χ0n) is 8.89. The van der Waals surface area contributed by atoms with Gasteiger partial charge in [-0.15, -0.1) is 12.4 Å². The van der Waals surface area contributed by atoms with Crippen LogP contribution in [0, 0.1) is 12.8 Å². The zero-order chi connectivity index (χ0) is 10.1. The van der Waals surface area contributed by atoms with E-state index in [1.807, 2.05) is 25.1 Å². The van der Waals surface area contributed by atoms with Crippen LogP contribution < -0.4 is 5.73 Å². The molecule has 15 heavy (non-hydrogen) atoms. The lowest BCUT2D eigenvalue weighted by Crippen LogP contribution is -2.27. The molecule has 2 nitrogen and oxygen atoms in total. The van der Waals surface area contributed by atoms with Crippen LogP contribution in [0.1, 0.15) is 30.0 Å². The summed E-state index contributed by atoms with van der Waals surface area (Å²) in [5.74, 6) is 0.436. The van der Waals surface area contributed by atoms with Crippen LogP contribution in [0.3, 0.4) is 0 Å². The van der Waals surface area contributed by atoms with E-state index in [9.17, 15) is 5.11 Å². The molecule has 0 aromatic heterocycles. The Hall–Kier alpha value is -0.570. The van der Waals surface area contributed by atoms with E-state index in [-0.39, 0.29) is 24.6 Å². The van der Waals surface area contributed by atoms with Gasteiger partial charge in [0.15, 0.2) is 0 Å². The second-order valence-electron chi connectivity index (χ2n) is 4.27. The summed E-state index contributed by atoms with van der Waals surface area (Å²) >= 11 is 0. The predicted molar refractivity (Wildman–Crippen MR) is 64.1 cm³/mol. The van der Waals surface area contributed by atoms with E-state index < -0.39 is 0 Å². The van der Waals surface area contributed by atoms with Gasteiger partial charge in [0.1, 0.15) is 0 Å². The van der Waals surface area contributed by atoms with Gasteiger partial charge in [-0.3, -0.25) is 0 Å². The maximum atomic E-state index is 9.88. The van der Waals surface area contributed by atoms with Crippen LogP contribution in [0.4, 0.5) is 0 Å². The summed E-state index contributed by atoms with van der Waals surface area (Å²) in [5, 5.41) is 9.88. The van der Waals surface area contributed by atoms with Crippen molar-refractivity contribution in [1.82, 2.24) is 0 Å². The van der Waals surface area contributed by atoms with Crippen molar-refractivity contribution in [2.24, 2.45) is 11.7 Å². The molecule has 1 fully saturated rings. The van der Waals surface area contributed by atoms with Crippen LogP contribution in [0.25, 0.3) is 0 Å². The fourth-order valence-corrected chi connectivity index (χ4v) is 1.81. The molecule has 0 radical (unpaired) electrons. The lowest BCUT2D eigenvalue weighted by atomic mass is 9.98. The minimum Gasteiger partial charge on any atom is -0.391 e. The Balaban J connectivity index is 0.00000112. The maximum absolute atomic E-state index is 9.88. The Morgan fingerprint density at radius 1 is 1.40 bits per heavy atom. The molecule has 1 aliphatic carbocycles. The van der Waals surface area contributed by atoms with Crippen molar-refractivity contribution in [3.63, 3.8) is 0 Å². The first-order valence-electron chi connectivity index (χ1n) is 5.18. The van der Waals surface area contributed by atoms with Crippen LogP contribution in [0.15, 0.2) is 24.3 Å². The highest BCUT2D eigenvalue weighted by atomic mass is 35.5. The molecule has 84 valence electrons. The number of hydrogen-bond donors (Lipinski definition) is 2. The quantitative estimate of drug-likeness (QED) is 0.832. The van der Waals surface area contributed by atoms with Crippen LogP contribution in [0.2, 0.25) is 0 Å². The molecule has 1 aliphatic rings. The minimum absolute atomic E-state index is 0. The summed E-state index contributed by atoms with van der Waals surface area (Å²) in [6.07, 6.45) is 1.89. The Bertz CT molecular complexity index is 325. The monoisotopic (exact) mass is 227 g/mol. The van der Waals surface area contributed by atoms with E-state index in [0.717, 1.165) is 18.4 Å². The summed E-state index contributed by atoms with van der Waals surface area (Å²) in [6, 6.07) is 7.85. The zero-order valence-corrected chi connectivity index (χ0v) is 9.70. The molecule has 1 aromatic rings. The average Bonchev–Trinajstić information content (AvgIpc) is 2.99. The third-order valence-corrected chi connectivity index (χ3v) is 2.90. The number of aliphatic hydroxyl groups excluding tert-OH is 1. The van der Waals surface area contributed by atoms with Crippen LogP contribution in [-0.2, 0) is 0 Å². The molecule has 0 saturated heterocycles. The Morgan fingerprint density at radius 2 is 2.07 bits per heavy atom. The first kappa shape index (κ1) is 12.5. The highest BCUT2D eigenvalue weighted by Gasteiger charge is 2.34. The first-order valence-corrected chi connectivity index (χ1v) is 5.18. The van der Waals surface area contributed by atoms with Gasteiger partial charge in [0, 0.05) is 0 Å². The topological polar surface area (TPSA) is 46.2 Å². The van der Waals surface area contributed by atoms with Crippen molar-refractivity contribution in [1.29, 1.82) is 0 Å². The summed E-state index contributed by atoms with van der Waals surface area (Å²) in [4.78, 5) is 0. The summed E-state index contributed by atoms with van der Waals surface area (Å²) in [7, 11) is 0. The van der Waals surface area contributed by atoms with Gasteiger partial charge < -0.3 is 10.8 Å². The van der Waals surface area contributed by atoms with Gasteiger partial charge in [0.25, 0.3) is 0 Å². The lowest BCUT2D eigenvalue weighted by molar-refractivity contribution is 0.122. The van der Waals surface area contributed by atoms with Gasteiger partial charge in [-0.05, 0) is 31.2 Å². The molecule has 0 bridgehead atoms. The van der Waals surface area contributed by atoms with E-state index in [1.54, 1.807) is 0 Å². The van der Waals surface area contributed by atoms with E-state index in [2.05, 4.69) is 6.07 Å². The third kappa shape index (κ3) is 2.94. The third-order valence-electron chi connectivity index (χ3n) is 2.90. The number of rotatable bonds is 3. The van der Waals surface area contributed by atoms with Crippen LogP contribution in [-0.4, -0.2) is 11.2 Å². The smallest absolute Gasteiger partial charge is 0.0760 e. The fourth-order valence-electron chi connectivity index (χ4n) is 1.81. The largest absolute Gasteiger partial charge is 0.391 e. The van der Waals surface area contributed by atoms with Crippen molar-refractivity contribution >= 4 is 12.4 Å². The molecule has 3 N–H and O–H groups in total. The van der Waals surface area contributed by atoms with E-state index in [0.29, 0.717) is 5.92 Å². The number of benzene rings is 1. The SMILES string of the molecule is Cc1cccc([C@H](N)[C@H](O)C2CC2)c1.Cl. The number of aryl methyl sites for hydroxylation is 1. The van der Waals surface area contributed by atoms with Crippen molar-refractivity contribution in [2.75, 3.05) is 0 Å². The molecule has 2 atom stereocenters. The Kier molecular flexibility index (Phi) is 4.14. The van der Waals surface area contributed by atoms with Gasteiger partial charge in [-0.1, -0.05) is 29.8 Å². The van der Waals surface area contributed by atoms with Gasteiger partial charge in [0.05, 0.1) is 12.1 Å². The predicted octanol–water partition coefficient (Wildman–Crippen LogP) is 2.19. The van der Waals surface area contributed by atoms with Crippen molar-refractivity contribution in [3.05, 3.63) is 35.4 Å². The summed E-state index contributed by atoms with van der Waals surface area (Å²) in [5.41, 5.74) is 8.24. The molecule has 1 aromatic carbocycles. The molecule has 0 unspecified atom stereocenters. The van der Waals surface area contributed by atoms with Gasteiger partial charge >= 0.3 is 0 Å². The van der Waals surface area contributed by atoms with Crippen molar-refractivity contribution < 1.29 is 5.11 Å². The summed E-state index contributed by atoms with van der Waals surface area (Å²) in [6.45, 7) is 2.04. The normalized spacial score (nSPS) is 19.1. The molecule has 0 heterocycles. The first-order chi connectivity index (χ1) is 6.68. The molecule has 0 spiro atoms. The molecule has 1 saturated carbocycles. The highest BCUT2D eigenvalue weighted by molar-refractivity contribution is 5.85. The van der Waals surface area contributed by atoms with E-state index in [4.69, 9.17) is 5.73 Å². The minimum atomic E-state index is -0.364. The van der Waals surface area contributed by atoms with Gasteiger partial charge in [-0.2, -0.15) is 0 Å². The number of nitrogens with two attached hydrogens (primary N) is 1. The Morgan fingerprint density at radius 3 is 2.60 bits per heavy atom. The standard InChI is InChI=1S/C12H17NO.ClH/c1-8-3-2-4-10(7-8)11(13)12(14)9-5-6-9;/h2-4,7,9,11-12,14H,5-6,13H2,1H3;1H/t11-,12+;/m0./s1. The number of halogens is 1. The van der Waals surface area contributed by atoms with E-state index >= 15 is 0 Å². The second-order valence-corrected chi connectivity index (χ2v) is 4.27. The van der Waals surface area contributed by atoms with Crippen LogP contribution >= 0.6 is 12.4 Å². The van der Waals surface area contributed by atoms with Gasteiger partial charge in [0.2, 0.25) is 0 Å². The molecule has 0 aliphatic heterocycles. The highest BCUT2D eigenvalue weighted by Crippen LogP contribution is 2.37. The molecular weight excluding hydrogens is 210 g/mol. The lowest BCUT2D eigenvalue weighted by Gasteiger charge is -2.19. The number of aliphatic hydroxyl groups is 1. The van der Waals surface area contributed by atoms with Crippen molar-refractivity contribution in [3.8, 4) is 0 Å². The molecular formula is C12H18ClNO. The fraction of sp³-hybridized carbons (Fsp3) is 0.500. The summed E-state index contributed by atoms with van der Waals surface area (Å²) < 4.78 is 0. The number of hydrogen-bond acceptors (Lipinski definition) is 2.